The number of rotatable bonds is 5. The molecule has 0 aliphatic carbocycles. The summed E-state index contributed by atoms with van der Waals surface area (Å²) in [6.07, 6.45) is 0. The highest BCUT2D eigenvalue weighted by Crippen LogP contribution is 2.43. The Morgan fingerprint density at radius 3 is 2.09 bits per heavy atom. The summed E-state index contributed by atoms with van der Waals surface area (Å²) in [7, 11) is 0. The minimum absolute atomic E-state index is 0.240. The molecule has 0 saturated heterocycles. The molecule has 4 nitrogen and oxygen atoms in total. The zero-order chi connectivity index (χ0) is 17.0. The standard InChI is InChI=1S/C16H14Cl2O4S/c1-3-21-15(19)10-7-5-9(6-8-10)11-12(16(20)22-4-2)14(18)23-13(11)17/h5-8H,3-4H2,1-2H3. The number of thiophene rings is 1. The van der Waals surface area contributed by atoms with Crippen LogP contribution in [0.25, 0.3) is 11.1 Å². The average Bonchev–Trinajstić information content (AvgIpc) is 2.82. The van der Waals surface area contributed by atoms with E-state index in [1.807, 2.05) is 0 Å². The van der Waals surface area contributed by atoms with Gasteiger partial charge in [0.25, 0.3) is 0 Å². The van der Waals surface area contributed by atoms with Crippen LogP contribution < -0.4 is 0 Å². The molecule has 1 aromatic heterocycles. The topological polar surface area (TPSA) is 52.6 Å². The van der Waals surface area contributed by atoms with Gasteiger partial charge < -0.3 is 9.47 Å². The molecular weight excluding hydrogens is 359 g/mol. The number of hydrogen-bond acceptors (Lipinski definition) is 5. The van der Waals surface area contributed by atoms with Crippen molar-refractivity contribution in [3.8, 4) is 11.1 Å². The first-order chi connectivity index (χ1) is 11.0. The first kappa shape index (κ1) is 17.8. The summed E-state index contributed by atoms with van der Waals surface area (Å²) in [5, 5.41) is 0. The smallest absolute Gasteiger partial charge is 0.341 e. The maximum absolute atomic E-state index is 12.1. The van der Waals surface area contributed by atoms with Crippen molar-refractivity contribution >= 4 is 46.5 Å². The first-order valence-electron chi connectivity index (χ1n) is 6.92. The van der Waals surface area contributed by atoms with Gasteiger partial charge in [0, 0.05) is 5.56 Å². The molecule has 0 aliphatic rings. The van der Waals surface area contributed by atoms with Crippen LogP contribution in [-0.4, -0.2) is 25.2 Å². The van der Waals surface area contributed by atoms with Gasteiger partial charge in [-0.05, 0) is 31.5 Å². The van der Waals surface area contributed by atoms with E-state index in [0.29, 0.717) is 27.6 Å². The third-order valence-corrected chi connectivity index (χ3v) is 4.59. The monoisotopic (exact) mass is 372 g/mol. The highest BCUT2D eigenvalue weighted by Gasteiger charge is 2.24. The molecule has 0 radical (unpaired) electrons. The lowest BCUT2D eigenvalue weighted by molar-refractivity contribution is 0.0517. The lowest BCUT2D eigenvalue weighted by Crippen LogP contribution is -2.06. The van der Waals surface area contributed by atoms with Crippen LogP contribution in [-0.2, 0) is 9.47 Å². The molecule has 0 amide bonds. The van der Waals surface area contributed by atoms with Crippen LogP contribution in [0.2, 0.25) is 8.67 Å². The van der Waals surface area contributed by atoms with Crippen molar-refractivity contribution in [2.24, 2.45) is 0 Å². The van der Waals surface area contributed by atoms with Crippen molar-refractivity contribution < 1.29 is 19.1 Å². The molecule has 0 aliphatic heterocycles. The van der Waals surface area contributed by atoms with Crippen molar-refractivity contribution in [3.63, 3.8) is 0 Å². The van der Waals surface area contributed by atoms with Gasteiger partial charge in [0.2, 0.25) is 0 Å². The van der Waals surface area contributed by atoms with E-state index in [1.165, 1.54) is 0 Å². The Morgan fingerprint density at radius 1 is 0.957 bits per heavy atom. The molecule has 0 atom stereocenters. The van der Waals surface area contributed by atoms with Gasteiger partial charge in [0.15, 0.2) is 0 Å². The van der Waals surface area contributed by atoms with Crippen molar-refractivity contribution in [2.75, 3.05) is 13.2 Å². The quantitative estimate of drug-likeness (QED) is 0.687. The molecule has 0 fully saturated rings. The van der Waals surface area contributed by atoms with Crippen LogP contribution >= 0.6 is 34.5 Å². The molecule has 7 heteroatoms. The lowest BCUT2D eigenvalue weighted by Gasteiger charge is -2.07. The fourth-order valence-electron chi connectivity index (χ4n) is 2.01. The molecule has 1 heterocycles. The number of hydrogen-bond donors (Lipinski definition) is 0. The van der Waals surface area contributed by atoms with Crippen molar-refractivity contribution in [2.45, 2.75) is 13.8 Å². The zero-order valence-corrected chi connectivity index (χ0v) is 14.8. The normalized spacial score (nSPS) is 10.4. The first-order valence-corrected chi connectivity index (χ1v) is 8.49. The molecule has 2 aromatic rings. The maximum Gasteiger partial charge on any atom is 0.341 e. The van der Waals surface area contributed by atoms with E-state index in [-0.39, 0.29) is 16.5 Å². The Morgan fingerprint density at radius 2 is 1.52 bits per heavy atom. The van der Waals surface area contributed by atoms with Gasteiger partial charge in [-0.25, -0.2) is 9.59 Å². The number of ether oxygens (including phenoxy) is 2. The molecule has 0 unspecified atom stereocenters. The summed E-state index contributed by atoms with van der Waals surface area (Å²) in [6, 6.07) is 6.62. The van der Waals surface area contributed by atoms with Crippen LogP contribution in [0.3, 0.4) is 0 Å². The van der Waals surface area contributed by atoms with Gasteiger partial charge in [-0.2, -0.15) is 0 Å². The molecule has 0 N–H and O–H groups in total. The van der Waals surface area contributed by atoms with E-state index in [0.717, 1.165) is 11.3 Å². The lowest BCUT2D eigenvalue weighted by atomic mass is 10.0. The van der Waals surface area contributed by atoms with Crippen LogP contribution in [0.1, 0.15) is 34.6 Å². The number of carbonyl (C=O) groups excluding carboxylic acids is 2. The Balaban J connectivity index is 2.42. The SMILES string of the molecule is CCOC(=O)c1ccc(-c2c(Cl)sc(Cl)c2C(=O)OCC)cc1. The predicted molar refractivity (Wildman–Crippen MR) is 91.7 cm³/mol. The van der Waals surface area contributed by atoms with Crippen molar-refractivity contribution in [1.82, 2.24) is 0 Å². The van der Waals surface area contributed by atoms with Gasteiger partial charge in [-0.1, -0.05) is 35.3 Å². The second-order valence-corrected chi connectivity index (χ2v) is 6.64. The van der Waals surface area contributed by atoms with Gasteiger partial charge in [-0.3, -0.25) is 0 Å². The highest BCUT2D eigenvalue weighted by molar-refractivity contribution is 7.21. The summed E-state index contributed by atoms with van der Waals surface area (Å²) < 4.78 is 10.6. The average molecular weight is 373 g/mol. The Kier molecular flexibility index (Phi) is 6.04. The second-order valence-electron chi connectivity index (χ2n) is 4.42. The third kappa shape index (κ3) is 3.86. The van der Waals surface area contributed by atoms with E-state index in [2.05, 4.69) is 0 Å². The summed E-state index contributed by atoms with van der Waals surface area (Å²) in [5.74, 6) is -0.927. The summed E-state index contributed by atoms with van der Waals surface area (Å²) >= 11 is 13.4. The Hall–Kier alpha value is -1.56. The molecule has 122 valence electrons. The number of halogens is 2. The fourth-order valence-corrected chi connectivity index (χ4v) is 3.73. The third-order valence-electron chi connectivity index (χ3n) is 2.99. The molecule has 23 heavy (non-hydrogen) atoms. The zero-order valence-electron chi connectivity index (χ0n) is 12.5. The molecule has 1 aromatic carbocycles. The molecule has 0 saturated carbocycles. The molecule has 2 rings (SSSR count). The summed E-state index contributed by atoms with van der Waals surface area (Å²) in [4.78, 5) is 23.8. The number of carbonyl (C=O) groups is 2. The van der Waals surface area contributed by atoms with Gasteiger partial charge in [0.1, 0.15) is 8.67 Å². The summed E-state index contributed by atoms with van der Waals surface area (Å²) in [5.41, 5.74) is 1.85. The second kappa shape index (κ2) is 7.81. The largest absolute Gasteiger partial charge is 0.462 e. The molecule has 0 spiro atoms. The van der Waals surface area contributed by atoms with Crippen LogP contribution in [0.5, 0.6) is 0 Å². The number of benzene rings is 1. The van der Waals surface area contributed by atoms with Crippen LogP contribution in [0.15, 0.2) is 24.3 Å². The molecular formula is C16H14Cl2O4S. The maximum atomic E-state index is 12.1. The fraction of sp³-hybridized carbons (Fsp3) is 0.250. The van der Waals surface area contributed by atoms with E-state index >= 15 is 0 Å². The Bertz CT molecular complexity index is 722. The van der Waals surface area contributed by atoms with Crippen LogP contribution in [0, 0.1) is 0 Å². The van der Waals surface area contributed by atoms with Gasteiger partial charge in [-0.15, -0.1) is 11.3 Å². The molecule has 0 bridgehead atoms. The summed E-state index contributed by atoms with van der Waals surface area (Å²) in [6.45, 7) is 4.00. The van der Waals surface area contributed by atoms with Gasteiger partial charge >= 0.3 is 11.9 Å². The van der Waals surface area contributed by atoms with Gasteiger partial charge in [0.05, 0.1) is 24.3 Å². The van der Waals surface area contributed by atoms with E-state index < -0.39 is 11.9 Å². The van der Waals surface area contributed by atoms with Crippen molar-refractivity contribution in [3.05, 3.63) is 44.1 Å². The highest BCUT2D eigenvalue weighted by atomic mass is 35.5. The van der Waals surface area contributed by atoms with E-state index in [4.69, 9.17) is 32.7 Å². The minimum atomic E-state index is -0.523. The Labute approximate surface area is 147 Å². The minimum Gasteiger partial charge on any atom is -0.462 e. The van der Waals surface area contributed by atoms with E-state index in [1.54, 1.807) is 38.1 Å². The van der Waals surface area contributed by atoms with Crippen molar-refractivity contribution in [1.29, 1.82) is 0 Å². The van der Waals surface area contributed by atoms with E-state index in [9.17, 15) is 9.59 Å². The predicted octanol–water partition coefficient (Wildman–Crippen LogP) is 5.08. The number of esters is 2. The van der Waals surface area contributed by atoms with Crippen LogP contribution in [0.4, 0.5) is 0 Å².